The van der Waals surface area contributed by atoms with Crippen molar-refractivity contribution in [2.45, 2.75) is 6.36 Å². The average Bonchev–Trinajstić information content (AvgIpc) is 3.16. The average molecular weight is 390 g/mol. The van der Waals surface area contributed by atoms with Gasteiger partial charge in [-0.2, -0.15) is 5.10 Å². The molecule has 1 aromatic heterocycles. The van der Waals surface area contributed by atoms with E-state index < -0.39 is 23.9 Å². The standard InChI is InChI=1S/C18H13F3N4O3/c19-18(20,21)28-13-8-6-12(7-9-13)16(26)24-25-17(27)15-10-14(22-23-15)11-4-2-1-3-5-11/h1-10H,(H,22,23)(H,24,26)(H,25,27). The lowest BCUT2D eigenvalue weighted by molar-refractivity contribution is -0.274. The topological polar surface area (TPSA) is 96.1 Å². The van der Waals surface area contributed by atoms with E-state index in [4.69, 9.17) is 0 Å². The van der Waals surface area contributed by atoms with Crippen LogP contribution in [-0.4, -0.2) is 28.4 Å². The Labute approximate surface area is 156 Å². The van der Waals surface area contributed by atoms with E-state index in [-0.39, 0.29) is 11.3 Å². The smallest absolute Gasteiger partial charge is 0.406 e. The van der Waals surface area contributed by atoms with Crippen LogP contribution in [0, 0.1) is 0 Å². The molecule has 28 heavy (non-hydrogen) atoms. The molecule has 7 nitrogen and oxygen atoms in total. The van der Waals surface area contributed by atoms with Gasteiger partial charge in [-0.1, -0.05) is 30.3 Å². The Hall–Kier alpha value is -3.82. The van der Waals surface area contributed by atoms with Crippen molar-refractivity contribution in [3.05, 3.63) is 71.9 Å². The van der Waals surface area contributed by atoms with Crippen LogP contribution in [-0.2, 0) is 0 Å². The summed E-state index contributed by atoms with van der Waals surface area (Å²) < 4.78 is 40.1. The fourth-order valence-electron chi connectivity index (χ4n) is 2.26. The summed E-state index contributed by atoms with van der Waals surface area (Å²) in [6.07, 6.45) is -4.82. The Morgan fingerprint density at radius 2 is 1.57 bits per heavy atom. The molecular weight excluding hydrogens is 377 g/mol. The fraction of sp³-hybridized carbons (Fsp3) is 0.0556. The van der Waals surface area contributed by atoms with E-state index in [0.29, 0.717) is 5.69 Å². The van der Waals surface area contributed by atoms with Gasteiger partial charge in [-0.05, 0) is 30.3 Å². The van der Waals surface area contributed by atoms with E-state index in [1.807, 2.05) is 30.3 Å². The van der Waals surface area contributed by atoms with Crippen LogP contribution in [0.4, 0.5) is 13.2 Å². The van der Waals surface area contributed by atoms with Crippen molar-refractivity contribution >= 4 is 11.8 Å². The van der Waals surface area contributed by atoms with E-state index >= 15 is 0 Å². The van der Waals surface area contributed by atoms with Gasteiger partial charge in [-0.25, -0.2) is 0 Å². The number of hydrogen-bond donors (Lipinski definition) is 3. The number of alkyl halides is 3. The van der Waals surface area contributed by atoms with Crippen LogP contribution in [0.2, 0.25) is 0 Å². The molecule has 3 aromatic rings. The molecule has 0 saturated heterocycles. The van der Waals surface area contributed by atoms with Crippen LogP contribution in [0.25, 0.3) is 11.3 Å². The maximum atomic E-state index is 12.1. The third-order valence-electron chi connectivity index (χ3n) is 3.53. The van der Waals surface area contributed by atoms with Crippen LogP contribution in [0.5, 0.6) is 5.75 Å². The number of hydrogen-bond acceptors (Lipinski definition) is 4. The normalized spacial score (nSPS) is 11.0. The number of aromatic nitrogens is 2. The first kappa shape index (κ1) is 19.0. The van der Waals surface area contributed by atoms with Crippen molar-refractivity contribution in [3.63, 3.8) is 0 Å². The Kier molecular flexibility index (Phi) is 5.30. The molecule has 3 N–H and O–H groups in total. The summed E-state index contributed by atoms with van der Waals surface area (Å²) in [4.78, 5) is 24.1. The molecule has 0 saturated carbocycles. The van der Waals surface area contributed by atoms with Gasteiger partial charge in [0.25, 0.3) is 11.8 Å². The van der Waals surface area contributed by atoms with E-state index in [2.05, 4.69) is 25.8 Å². The van der Waals surface area contributed by atoms with Crippen molar-refractivity contribution in [2.75, 3.05) is 0 Å². The maximum Gasteiger partial charge on any atom is 0.573 e. The lowest BCUT2D eigenvalue weighted by Gasteiger charge is -2.09. The van der Waals surface area contributed by atoms with Gasteiger partial charge < -0.3 is 4.74 Å². The van der Waals surface area contributed by atoms with Gasteiger partial charge in [0.05, 0.1) is 5.69 Å². The molecule has 2 amide bonds. The molecule has 0 radical (unpaired) electrons. The number of benzene rings is 2. The molecule has 0 fully saturated rings. The van der Waals surface area contributed by atoms with Gasteiger partial charge in [-0.3, -0.25) is 25.5 Å². The number of nitrogens with zero attached hydrogens (tertiary/aromatic N) is 1. The number of aromatic amines is 1. The number of carbonyl (C=O) groups excluding carboxylic acids is 2. The second kappa shape index (κ2) is 7.82. The number of hydrazine groups is 1. The highest BCUT2D eigenvalue weighted by atomic mass is 19.4. The van der Waals surface area contributed by atoms with Crippen molar-refractivity contribution in [1.29, 1.82) is 0 Å². The molecule has 10 heteroatoms. The van der Waals surface area contributed by atoms with Crippen LogP contribution < -0.4 is 15.6 Å². The molecule has 0 unspecified atom stereocenters. The number of nitrogens with one attached hydrogen (secondary N) is 3. The Balaban J connectivity index is 1.57. The minimum atomic E-state index is -4.82. The zero-order valence-corrected chi connectivity index (χ0v) is 14.1. The molecule has 0 bridgehead atoms. The van der Waals surface area contributed by atoms with Gasteiger partial charge in [0, 0.05) is 11.1 Å². The van der Waals surface area contributed by atoms with Crippen molar-refractivity contribution < 1.29 is 27.5 Å². The molecule has 3 rings (SSSR count). The van der Waals surface area contributed by atoms with E-state index in [9.17, 15) is 22.8 Å². The first-order valence-corrected chi connectivity index (χ1v) is 7.89. The summed E-state index contributed by atoms with van der Waals surface area (Å²) in [6.45, 7) is 0. The second-order valence-electron chi connectivity index (χ2n) is 5.51. The van der Waals surface area contributed by atoms with Crippen LogP contribution in [0.3, 0.4) is 0 Å². The van der Waals surface area contributed by atoms with Crippen molar-refractivity contribution in [3.8, 4) is 17.0 Å². The molecule has 2 aromatic carbocycles. The quantitative estimate of drug-likeness (QED) is 0.597. The second-order valence-corrected chi connectivity index (χ2v) is 5.51. The molecule has 0 atom stereocenters. The van der Waals surface area contributed by atoms with Gasteiger partial charge in [-0.15, -0.1) is 13.2 Å². The minimum absolute atomic E-state index is 0.0319. The summed E-state index contributed by atoms with van der Waals surface area (Å²) in [5.74, 6) is -1.81. The van der Waals surface area contributed by atoms with E-state index in [1.165, 1.54) is 6.07 Å². The Morgan fingerprint density at radius 1 is 0.929 bits per heavy atom. The summed E-state index contributed by atoms with van der Waals surface area (Å²) in [7, 11) is 0. The van der Waals surface area contributed by atoms with Crippen LogP contribution in [0.15, 0.2) is 60.7 Å². The molecule has 0 aliphatic heterocycles. The summed E-state index contributed by atoms with van der Waals surface area (Å²) in [5, 5.41) is 6.59. The number of amides is 2. The first-order valence-electron chi connectivity index (χ1n) is 7.89. The van der Waals surface area contributed by atoms with Crippen LogP contribution >= 0.6 is 0 Å². The van der Waals surface area contributed by atoms with Gasteiger partial charge >= 0.3 is 6.36 Å². The molecule has 0 aliphatic rings. The van der Waals surface area contributed by atoms with Crippen molar-refractivity contribution in [1.82, 2.24) is 21.0 Å². The highest BCUT2D eigenvalue weighted by molar-refractivity contribution is 5.98. The first-order chi connectivity index (χ1) is 13.3. The third-order valence-corrected chi connectivity index (χ3v) is 3.53. The lowest BCUT2D eigenvalue weighted by atomic mass is 10.1. The number of rotatable bonds is 4. The largest absolute Gasteiger partial charge is 0.573 e. The summed E-state index contributed by atoms with van der Waals surface area (Å²) in [6, 6.07) is 14.9. The SMILES string of the molecule is O=C(NNC(=O)c1cc(-c2ccccc2)n[nH]1)c1ccc(OC(F)(F)F)cc1. The number of H-pyrrole nitrogens is 1. The van der Waals surface area contributed by atoms with Crippen LogP contribution in [0.1, 0.15) is 20.8 Å². The number of halogens is 3. The summed E-state index contributed by atoms with van der Waals surface area (Å²) >= 11 is 0. The number of carbonyl (C=O) groups is 2. The highest BCUT2D eigenvalue weighted by Crippen LogP contribution is 2.22. The lowest BCUT2D eigenvalue weighted by Crippen LogP contribution is -2.41. The third kappa shape index (κ3) is 4.87. The Morgan fingerprint density at radius 3 is 2.21 bits per heavy atom. The van der Waals surface area contributed by atoms with Gasteiger partial charge in [0.2, 0.25) is 0 Å². The highest BCUT2D eigenvalue weighted by Gasteiger charge is 2.31. The molecular formula is C18H13F3N4O3. The Bertz CT molecular complexity index is 970. The van der Waals surface area contributed by atoms with Gasteiger partial charge in [0.15, 0.2) is 0 Å². The summed E-state index contributed by atoms with van der Waals surface area (Å²) in [5.41, 5.74) is 5.87. The van der Waals surface area contributed by atoms with E-state index in [1.54, 1.807) is 0 Å². The molecule has 0 aliphatic carbocycles. The molecule has 144 valence electrons. The zero-order valence-electron chi connectivity index (χ0n) is 14.1. The predicted molar refractivity (Wildman–Crippen MR) is 92.1 cm³/mol. The fourth-order valence-corrected chi connectivity index (χ4v) is 2.26. The zero-order chi connectivity index (χ0) is 20.1. The van der Waals surface area contributed by atoms with Crippen molar-refractivity contribution in [2.24, 2.45) is 0 Å². The van der Waals surface area contributed by atoms with Gasteiger partial charge in [0.1, 0.15) is 11.4 Å². The number of ether oxygens (including phenoxy) is 1. The monoisotopic (exact) mass is 390 g/mol. The maximum absolute atomic E-state index is 12.1. The minimum Gasteiger partial charge on any atom is -0.406 e. The molecule has 1 heterocycles. The molecule has 0 spiro atoms. The van der Waals surface area contributed by atoms with E-state index in [0.717, 1.165) is 29.8 Å². The predicted octanol–water partition coefficient (Wildman–Crippen LogP) is 3.05.